The first-order valence-corrected chi connectivity index (χ1v) is 4.79. The topological polar surface area (TPSA) is 53.6 Å². The molecule has 0 fully saturated rings. The van der Waals surface area contributed by atoms with Gasteiger partial charge >= 0.3 is 0 Å². The van der Waals surface area contributed by atoms with Crippen LogP contribution in [0.3, 0.4) is 0 Å². The zero-order chi connectivity index (χ0) is 10.8. The van der Waals surface area contributed by atoms with E-state index in [1.54, 1.807) is 14.2 Å². The first-order chi connectivity index (χ1) is 6.70. The van der Waals surface area contributed by atoms with Crippen molar-refractivity contribution in [3.8, 4) is 0 Å². The number of nitrogens with zero attached hydrogens (tertiary/aromatic N) is 1. The number of carbonyl (C=O) groups is 1. The molecule has 15 heavy (non-hydrogen) atoms. The number of methoxy groups -OCH3 is 1. The Kier molecular flexibility index (Phi) is 13.3. The van der Waals surface area contributed by atoms with Gasteiger partial charge in [0.25, 0.3) is 0 Å². The minimum atomic E-state index is 0. The van der Waals surface area contributed by atoms with Crippen molar-refractivity contribution in [1.29, 1.82) is 0 Å². The molecule has 0 rings (SSSR count). The molecule has 92 valence electrons. The Labute approximate surface area is 97.9 Å². The summed E-state index contributed by atoms with van der Waals surface area (Å²) in [6, 6.07) is 0. The van der Waals surface area contributed by atoms with E-state index in [9.17, 15) is 4.79 Å². The molecule has 0 atom stereocenters. The van der Waals surface area contributed by atoms with Crippen LogP contribution in [0.15, 0.2) is 0 Å². The fraction of sp³-hybridized carbons (Fsp3) is 0.889. The van der Waals surface area contributed by atoms with Gasteiger partial charge in [-0.15, -0.1) is 12.4 Å². The molecule has 2 N–H and O–H groups in total. The van der Waals surface area contributed by atoms with E-state index in [-0.39, 0.29) is 18.3 Å². The van der Waals surface area contributed by atoms with Gasteiger partial charge in [0.2, 0.25) is 5.91 Å². The van der Waals surface area contributed by atoms with E-state index in [1.165, 1.54) is 0 Å². The van der Waals surface area contributed by atoms with Gasteiger partial charge in [-0.3, -0.25) is 4.79 Å². The third kappa shape index (κ3) is 11.6. The van der Waals surface area contributed by atoms with Crippen molar-refractivity contribution in [2.75, 3.05) is 54.0 Å². The van der Waals surface area contributed by atoms with E-state index in [0.717, 1.165) is 19.7 Å². The van der Waals surface area contributed by atoms with Crippen LogP contribution in [0.5, 0.6) is 0 Å². The third-order valence-electron chi connectivity index (χ3n) is 1.83. The molecule has 0 heterocycles. The van der Waals surface area contributed by atoms with Crippen LogP contribution in [0, 0.1) is 0 Å². The maximum atomic E-state index is 11.0. The van der Waals surface area contributed by atoms with E-state index in [1.807, 2.05) is 7.05 Å². The van der Waals surface area contributed by atoms with E-state index in [4.69, 9.17) is 4.74 Å². The lowest BCUT2D eigenvalue weighted by Gasteiger charge is -2.15. The highest BCUT2D eigenvalue weighted by molar-refractivity contribution is 5.85. The predicted octanol–water partition coefficient (Wildman–Crippen LogP) is -0.678. The van der Waals surface area contributed by atoms with Crippen LogP contribution in [-0.2, 0) is 9.53 Å². The van der Waals surface area contributed by atoms with E-state index < -0.39 is 0 Å². The Morgan fingerprint density at radius 2 is 2.07 bits per heavy atom. The number of nitrogens with one attached hydrogen (secondary N) is 2. The molecule has 6 heteroatoms. The second kappa shape index (κ2) is 11.7. The second-order valence-corrected chi connectivity index (χ2v) is 3.18. The number of hydrogen-bond donors (Lipinski definition) is 2. The summed E-state index contributed by atoms with van der Waals surface area (Å²) in [6.07, 6.45) is 0. The monoisotopic (exact) mass is 239 g/mol. The molecule has 0 aliphatic heterocycles. The standard InChI is InChI=1S/C9H21N3O2.ClH/c1-10-8-9(13)11-4-5-12(2)6-7-14-3;/h10H,4-8H2,1-3H3,(H,11,13);1H. The molecule has 0 aromatic carbocycles. The number of rotatable bonds is 8. The van der Waals surface area contributed by atoms with Gasteiger partial charge in [0, 0.05) is 26.7 Å². The van der Waals surface area contributed by atoms with Gasteiger partial charge in [-0.05, 0) is 14.1 Å². The lowest BCUT2D eigenvalue weighted by molar-refractivity contribution is -0.120. The van der Waals surface area contributed by atoms with Crippen LogP contribution in [-0.4, -0.2) is 64.8 Å². The third-order valence-corrected chi connectivity index (χ3v) is 1.83. The predicted molar refractivity (Wildman–Crippen MR) is 63.6 cm³/mol. The molecule has 0 spiro atoms. The number of amides is 1. The Hall–Kier alpha value is -0.360. The van der Waals surface area contributed by atoms with Gasteiger partial charge in [-0.25, -0.2) is 0 Å². The van der Waals surface area contributed by atoms with Crippen molar-refractivity contribution < 1.29 is 9.53 Å². The fourth-order valence-electron chi connectivity index (χ4n) is 0.968. The second-order valence-electron chi connectivity index (χ2n) is 3.18. The molecule has 0 aromatic rings. The summed E-state index contributed by atoms with van der Waals surface area (Å²) in [7, 11) is 5.44. The average molecular weight is 240 g/mol. The lowest BCUT2D eigenvalue weighted by atomic mass is 10.5. The SMILES string of the molecule is CNCC(=O)NCCN(C)CCOC.Cl. The normalized spacial score (nSPS) is 9.87. The molecule has 0 aliphatic rings. The van der Waals surface area contributed by atoms with Crippen LogP contribution in [0.4, 0.5) is 0 Å². The fourth-order valence-corrected chi connectivity index (χ4v) is 0.968. The van der Waals surface area contributed by atoms with Crippen LogP contribution in [0.25, 0.3) is 0 Å². The van der Waals surface area contributed by atoms with Gasteiger partial charge in [0.05, 0.1) is 13.2 Å². The summed E-state index contributed by atoms with van der Waals surface area (Å²) in [5, 5.41) is 5.60. The quantitative estimate of drug-likeness (QED) is 0.590. The van der Waals surface area contributed by atoms with E-state index in [2.05, 4.69) is 15.5 Å². The van der Waals surface area contributed by atoms with Crippen LogP contribution in [0.1, 0.15) is 0 Å². The molecule has 0 saturated heterocycles. The zero-order valence-corrected chi connectivity index (χ0v) is 10.5. The van der Waals surface area contributed by atoms with Crippen molar-refractivity contribution in [3.63, 3.8) is 0 Å². The average Bonchev–Trinajstić information content (AvgIpc) is 2.15. The summed E-state index contributed by atoms with van der Waals surface area (Å²) in [5.74, 6) is 0.0349. The molecule has 0 unspecified atom stereocenters. The molecule has 0 radical (unpaired) electrons. The highest BCUT2D eigenvalue weighted by atomic mass is 35.5. The first kappa shape index (κ1) is 17.0. The molecule has 5 nitrogen and oxygen atoms in total. The Bertz CT molecular complexity index is 158. The first-order valence-electron chi connectivity index (χ1n) is 4.79. The van der Waals surface area contributed by atoms with E-state index in [0.29, 0.717) is 13.1 Å². The van der Waals surface area contributed by atoms with Crippen molar-refractivity contribution in [3.05, 3.63) is 0 Å². The highest BCUT2D eigenvalue weighted by Gasteiger charge is 2.00. The maximum Gasteiger partial charge on any atom is 0.233 e. The van der Waals surface area contributed by atoms with Crippen LogP contribution in [0.2, 0.25) is 0 Å². The molecule has 1 amide bonds. The summed E-state index contributed by atoms with van der Waals surface area (Å²) in [5.41, 5.74) is 0. The smallest absolute Gasteiger partial charge is 0.233 e. The van der Waals surface area contributed by atoms with Crippen LogP contribution < -0.4 is 10.6 Å². The summed E-state index contributed by atoms with van der Waals surface area (Å²) >= 11 is 0. The van der Waals surface area contributed by atoms with Gasteiger partial charge in [0.15, 0.2) is 0 Å². The number of ether oxygens (including phenoxy) is 1. The number of likely N-dealkylation sites (N-methyl/N-ethyl adjacent to an activating group) is 2. The van der Waals surface area contributed by atoms with E-state index >= 15 is 0 Å². The lowest BCUT2D eigenvalue weighted by Crippen LogP contribution is -2.37. The van der Waals surface area contributed by atoms with Crippen molar-refractivity contribution in [1.82, 2.24) is 15.5 Å². The molecule has 0 aliphatic carbocycles. The Morgan fingerprint density at radius 3 is 2.60 bits per heavy atom. The van der Waals surface area contributed by atoms with Gasteiger partial charge in [-0.2, -0.15) is 0 Å². The molecular weight excluding hydrogens is 218 g/mol. The zero-order valence-electron chi connectivity index (χ0n) is 9.71. The molecule has 0 saturated carbocycles. The Balaban J connectivity index is 0. The van der Waals surface area contributed by atoms with Gasteiger partial charge in [-0.1, -0.05) is 0 Å². The van der Waals surface area contributed by atoms with Gasteiger partial charge in [0.1, 0.15) is 0 Å². The molecular formula is C9H22ClN3O2. The molecule has 0 aromatic heterocycles. The Morgan fingerprint density at radius 1 is 1.40 bits per heavy atom. The number of hydrogen-bond acceptors (Lipinski definition) is 4. The summed E-state index contributed by atoms with van der Waals surface area (Å²) in [4.78, 5) is 13.1. The van der Waals surface area contributed by atoms with Crippen molar-refractivity contribution >= 4 is 18.3 Å². The van der Waals surface area contributed by atoms with Crippen molar-refractivity contribution in [2.45, 2.75) is 0 Å². The largest absolute Gasteiger partial charge is 0.383 e. The van der Waals surface area contributed by atoms with Gasteiger partial charge < -0.3 is 20.3 Å². The van der Waals surface area contributed by atoms with Crippen LogP contribution >= 0.6 is 12.4 Å². The number of halogens is 1. The molecule has 0 bridgehead atoms. The highest BCUT2D eigenvalue weighted by Crippen LogP contribution is 1.80. The minimum Gasteiger partial charge on any atom is -0.383 e. The number of carbonyl (C=O) groups excluding carboxylic acids is 1. The minimum absolute atomic E-state index is 0. The summed E-state index contributed by atoms with van der Waals surface area (Å²) < 4.78 is 4.94. The van der Waals surface area contributed by atoms with Crippen molar-refractivity contribution in [2.24, 2.45) is 0 Å². The summed E-state index contributed by atoms with van der Waals surface area (Å²) in [6.45, 7) is 3.51. The maximum absolute atomic E-state index is 11.0.